The van der Waals surface area contributed by atoms with E-state index in [1.807, 2.05) is 11.0 Å². The lowest BCUT2D eigenvalue weighted by atomic mass is 10.1. The maximum absolute atomic E-state index is 13.3. The van der Waals surface area contributed by atoms with Crippen LogP contribution in [0.3, 0.4) is 0 Å². The van der Waals surface area contributed by atoms with Crippen LogP contribution in [0.25, 0.3) is 0 Å². The molecule has 0 atom stereocenters. The second kappa shape index (κ2) is 11.1. The van der Waals surface area contributed by atoms with Crippen LogP contribution in [-0.4, -0.2) is 71.1 Å². The van der Waals surface area contributed by atoms with E-state index in [9.17, 15) is 27.6 Å². The molecule has 1 fully saturated rings. The molecule has 1 aromatic heterocycles. The van der Waals surface area contributed by atoms with Gasteiger partial charge in [0.1, 0.15) is 5.75 Å². The Balaban J connectivity index is 1.47. The van der Waals surface area contributed by atoms with Crippen LogP contribution in [-0.2, 0) is 6.54 Å². The van der Waals surface area contributed by atoms with Crippen molar-refractivity contribution in [3.63, 3.8) is 0 Å². The van der Waals surface area contributed by atoms with Crippen molar-refractivity contribution in [1.82, 2.24) is 14.4 Å². The number of benzene rings is 2. The van der Waals surface area contributed by atoms with Crippen LogP contribution in [0.2, 0.25) is 0 Å². The molecule has 0 bridgehead atoms. The van der Waals surface area contributed by atoms with Gasteiger partial charge in [-0.05, 0) is 42.8 Å². The van der Waals surface area contributed by atoms with Crippen molar-refractivity contribution >= 4 is 17.6 Å². The minimum atomic E-state index is -4.84. The zero-order valence-electron chi connectivity index (χ0n) is 20.7. The molecular weight excluding hydrogens is 501 g/mol. The molecule has 2 heterocycles. The molecule has 38 heavy (non-hydrogen) atoms. The van der Waals surface area contributed by atoms with Gasteiger partial charge in [-0.15, -0.1) is 13.2 Å². The molecule has 3 aromatic rings. The second-order valence-electron chi connectivity index (χ2n) is 9.03. The van der Waals surface area contributed by atoms with E-state index in [0.29, 0.717) is 43.0 Å². The molecule has 4 rings (SSSR count). The van der Waals surface area contributed by atoms with Gasteiger partial charge in [-0.2, -0.15) is 0 Å². The smallest absolute Gasteiger partial charge is 0.406 e. The number of nitrogens with zero attached hydrogens (tertiary/aromatic N) is 3. The third kappa shape index (κ3) is 6.41. The molecule has 0 radical (unpaired) electrons. The highest BCUT2D eigenvalue weighted by molar-refractivity contribution is 6.01. The Morgan fingerprint density at radius 3 is 2.26 bits per heavy atom. The summed E-state index contributed by atoms with van der Waals surface area (Å²) in [5.74, 6) is -1.43. The first kappa shape index (κ1) is 26.9. The number of ether oxygens (including phenoxy) is 1. The summed E-state index contributed by atoms with van der Waals surface area (Å²) in [6.07, 6.45) is -4.84. The predicted molar refractivity (Wildman–Crippen MR) is 133 cm³/mol. The van der Waals surface area contributed by atoms with Gasteiger partial charge in [0.15, 0.2) is 5.78 Å². The first-order valence-corrected chi connectivity index (χ1v) is 12.0. The molecule has 1 saturated heterocycles. The molecule has 200 valence electrons. The number of rotatable bonds is 8. The van der Waals surface area contributed by atoms with E-state index in [4.69, 9.17) is 5.73 Å². The van der Waals surface area contributed by atoms with Crippen molar-refractivity contribution in [2.24, 2.45) is 5.73 Å². The molecule has 8 nitrogen and oxygen atoms in total. The van der Waals surface area contributed by atoms with Crippen LogP contribution >= 0.6 is 0 Å². The van der Waals surface area contributed by atoms with E-state index in [1.54, 1.807) is 46.7 Å². The maximum atomic E-state index is 13.3. The SMILES string of the molecule is Cc1c(C(N)=O)cc(C(=O)CN2CCN(C(=O)c3ccccc3)CC2)n1Cc1cccc(OC(F)(F)F)c1. The van der Waals surface area contributed by atoms with Gasteiger partial charge in [-0.1, -0.05) is 30.3 Å². The van der Waals surface area contributed by atoms with E-state index >= 15 is 0 Å². The first-order chi connectivity index (χ1) is 18.0. The number of ketones is 1. The molecule has 2 amide bonds. The average Bonchev–Trinajstić information content (AvgIpc) is 3.20. The molecule has 11 heteroatoms. The third-order valence-corrected chi connectivity index (χ3v) is 6.44. The van der Waals surface area contributed by atoms with Crippen LogP contribution in [0.5, 0.6) is 5.75 Å². The highest BCUT2D eigenvalue weighted by Crippen LogP contribution is 2.25. The summed E-state index contributed by atoms with van der Waals surface area (Å²) < 4.78 is 43.5. The fourth-order valence-corrected chi connectivity index (χ4v) is 4.51. The van der Waals surface area contributed by atoms with Gasteiger partial charge < -0.3 is 19.9 Å². The van der Waals surface area contributed by atoms with Crippen molar-refractivity contribution in [2.45, 2.75) is 19.8 Å². The number of hydrogen-bond donors (Lipinski definition) is 1. The molecule has 1 aliphatic rings. The Morgan fingerprint density at radius 2 is 1.63 bits per heavy atom. The summed E-state index contributed by atoms with van der Waals surface area (Å²) >= 11 is 0. The Labute approximate surface area is 217 Å². The fourth-order valence-electron chi connectivity index (χ4n) is 4.51. The zero-order valence-corrected chi connectivity index (χ0v) is 20.7. The minimum absolute atomic E-state index is 0.0363. The summed E-state index contributed by atoms with van der Waals surface area (Å²) in [6.45, 7) is 3.61. The standard InChI is InChI=1S/C27H27F3N4O4/c1-18-22(25(31)36)15-23(34(18)16-19-6-5-9-21(14-19)38-27(28,29)30)24(35)17-32-10-12-33(13-11-32)26(37)20-7-3-2-4-8-20/h2-9,14-15H,10-13,16-17H2,1H3,(H2,31,36). The molecule has 0 aliphatic carbocycles. The van der Waals surface area contributed by atoms with E-state index < -0.39 is 12.3 Å². The number of hydrogen-bond acceptors (Lipinski definition) is 5. The lowest BCUT2D eigenvalue weighted by molar-refractivity contribution is -0.274. The monoisotopic (exact) mass is 528 g/mol. The van der Waals surface area contributed by atoms with Gasteiger partial charge in [0.05, 0.1) is 17.8 Å². The van der Waals surface area contributed by atoms with E-state index in [-0.39, 0.29) is 41.8 Å². The molecule has 2 aromatic carbocycles. The molecular formula is C27H27F3N4O4. The van der Waals surface area contributed by atoms with Crippen molar-refractivity contribution in [1.29, 1.82) is 0 Å². The highest BCUT2D eigenvalue weighted by atomic mass is 19.4. The Bertz CT molecular complexity index is 1330. The Hall–Kier alpha value is -4.12. The number of alkyl halides is 3. The number of carbonyl (C=O) groups excluding carboxylic acids is 3. The van der Waals surface area contributed by atoms with Gasteiger partial charge in [-0.3, -0.25) is 19.3 Å². The van der Waals surface area contributed by atoms with Crippen LogP contribution in [0, 0.1) is 6.92 Å². The quantitative estimate of drug-likeness (QED) is 0.452. The normalized spacial score (nSPS) is 14.4. The van der Waals surface area contributed by atoms with Crippen molar-refractivity contribution in [3.8, 4) is 5.75 Å². The van der Waals surface area contributed by atoms with Crippen LogP contribution in [0.15, 0.2) is 60.7 Å². The third-order valence-electron chi connectivity index (χ3n) is 6.44. The first-order valence-electron chi connectivity index (χ1n) is 12.0. The van der Waals surface area contributed by atoms with Crippen molar-refractivity contribution in [2.75, 3.05) is 32.7 Å². The summed E-state index contributed by atoms with van der Waals surface area (Å²) in [5, 5.41) is 0. The molecule has 0 saturated carbocycles. The predicted octanol–water partition coefficient (Wildman–Crippen LogP) is 3.48. The number of Topliss-reactive ketones (excluding diaryl/α,β-unsaturated/α-hetero) is 1. The lowest BCUT2D eigenvalue weighted by Crippen LogP contribution is -2.50. The Kier molecular flexibility index (Phi) is 7.86. The summed E-state index contributed by atoms with van der Waals surface area (Å²) in [6, 6.07) is 15.8. The second-order valence-corrected chi connectivity index (χ2v) is 9.03. The van der Waals surface area contributed by atoms with Crippen LogP contribution < -0.4 is 10.5 Å². The maximum Gasteiger partial charge on any atom is 0.573 e. The number of nitrogens with two attached hydrogens (primary N) is 1. The van der Waals surface area contributed by atoms with Gasteiger partial charge in [0, 0.05) is 44.0 Å². The van der Waals surface area contributed by atoms with Gasteiger partial charge >= 0.3 is 6.36 Å². The zero-order chi connectivity index (χ0) is 27.4. The van der Waals surface area contributed by atoms with Gasteiger partial charge in [0.2, 0.25) is 0 Å². The summed E-state index contributed by atoms with van der Waals surface area (Å²) in [5.41, 5.74) is 7.37. The van der Waals surface area contributed by atoms with Crippen molar-refractivity contribution in [3.05, 3.63) is 88.7 Å². The van der Waals surface area contributed by atoms with Crippen LogP contribution in [0.1, 0.15) is 42.5 Å². The molecule has 2 N–H and O–H groups in total. The largest absolute Gasteiger partial charge is 0.573 e. The number of piperazine rings is 1. The minimum Gasteiger partial charge on any atom is -0.406 e. The number of primary amides is 1. The average molecular weight is 529 g/mol. The molecule has 0 unspecified atom stereocenters. The molecule has 1 aliphatic heterocycles. The highest BCUT2D eigenvalue weighted by Gasteiger charge is 2.31. The van der Waals surface area contributed by atoms with Crippen molar-refractivity contribution < 1.29 is 32.3 Å². The lowest BCUT2D eigenvalue weighted by Gasteiger charge is -2.34. The summed E-state index contributed by atoms with van der Waals surface area (Å²) in [7, 11) is 0. The summed E-state index contributed by atoms with van der Waals surface area (Å²) in [4.78, 5) is 41.7. The molecule has 0 spiro atoms. The number of aromatic nitrogens is 1. The number of carbonyl (C=O) groups is 3. The van der Waals surface area contributed by atoms with E-state index in [2.05, 4.69) is 4.74 Å². The Morgan fingerprint density at radius 1 is 0.947 bits per heavy atom. The van der Waals surface area contributed by atoms with E-state index in [1.165, 1.54) is 24.3 Å². The number of halogens is 3. The fraction of sp³-hybridized carbons (Fsp3) is 0.296. The van der Waals surface area contributed by atoms with Gasteiger partial charge in [0.25, 0.3) is 11.8 Å². The van der Waals surface area contributed by atoms with Crippen LogP contribution in [0.4, 0.5) is 13.2 Å². The van der Waals surface area contributed by atoms with Gasteiger partial charge in [-0.25, -0.2) is 0 Å². The topological polar surface area (TPSA) is 97.9 Å². The van der Waals surface area contributed by atoms with E-state index in [0.717, 1.165) is 0 Å². The number of amides is 2.